The lowest BCUT2D eigenvalue weighted by molar-refractivity contribution is -0.156. The zero-order chi connectivity index (χ0) is 13.0. The third-order valence-corrected chi connectivity index (χ3v) is 5.45. The largest absolute Gasteiger partial charge is 0.480 e. The van der Waals surface area contributed by atoms with E-state index in [0.29, 0.717) is 13.0 Å². The lowest BCUT2D eigenvalue weighted by atomic mass is 9.97. The van der Waals surface area contributed by atoms with E-state index in [0.717, 1.165) is 12.8 Å². The minimum Gasteiger partial charge on any atom is -0.480 e. The van der Waals surface area contributed by atoms with Gasteiger partial charge in [-0.25, -0.2) is 4.79 Å². The lowest BCUT2D eigenvalue weighted by Gasteiger charge is -2.32. The van der Waals surface area contributed by atoms with Gasteiger partial charge in [-0.15, -0.1) is 0 Å². The highest BCUT2D eigenvalue weighted by Gasteiger charge is 2.61. The van der Waals surface area contributed by atoms with Gasteiger partial charge in [-0.05, 0) is 44.4 Å². The molecule has 100 valence electrons. The first kappa shape index (κ1) is 12.0. The zero-order valence-corrected chi connectivity index (χ0v) is 10.9. The van der Waals surface area contributed by atoms with Crippen molar-refractivity contribution >= 4 is 11.9 Å². The summed E-state index contributed by atoms with van der Waals surface area (Å²) in [5.41, 5.74) is -0.696. The van der Waals surface area contributed by atoms with Crippen molar-refractivity contribution in [2.24, 2.45) is 11.3 Å². The number of likely N-dealkylation sites (tertiary alicyclic amines) is 1. The van der Waals surface area contributed by atoms with E-state index in [-0.39, 0.29) is 17.2 Å². The molecule has 0 aromatic heterocycles. The van der Waals surface area contributed by atoms with Crippen LogP contribution in [0.5, 0.6) is 0 Å². The first-order valence-corrected chi connectivity index (χ1v) is 7.05. The molecular formula is C14H21NO3. The number of nitrogens with zero attached hydrogens (tertiary/aromatic N) is 1. The summed E-state index contributed by atoms with van der Waals surface area (Å²) >= 11 is 0. The smallest absolute Gasteiger partial charge is 0.329 e. The number of hydrogen-bond donors (Lipinski definition) is 1. The SMILES string of the molecule is CC1(C(=O)O)CCCN1C(=O)C1CC12CCCC2. The Hall–Kier alpha value is -1.06. The van der Waals surface area contributed by atoms with Gasteiger partial charge in [-0.3, -0.25) is 4.79 Å². The molecule has 1 heterocycles. The fourth-order valence-corrected chi connectivity index (χ4v) is 4.06. The van der Waals surface area contributed by atoms with Gasteiger partial charge in [0.1, 0.15) is 5.54 Å². The summed E-state index contributed by atoms with van der Waals surface area (Å²) in [4.78, 5) is 25.6. The Labute approximate surface area is 107 Å². The van der Waals surface area contributed by atoms with E-state index in [9.17, 15) is 14.7 Å². The van der Waals surface area contributed by atoms with Crippen LogP contribution >= 0.6 is 0 Å². The van der Waals surface area contributed by atoms with Gasteiger partial charge in [0.05, 0.1) is 0 Å². The molecule has 0 radical (unpaired) electrons. The minimum atomic E-state index is -0.959. The number of rotatable bonds is 2. The fourth-order valence-electron chi connectivity index (χ4n) is 4.06. The first-order valence-electron chi connectivity index (χ1n) is 7.05. The monoisotopic (exact) mass is 251 g/mol. The Bertz CT molecular complexity index is 400. The number of carboxylic acids is 1. The van der Waals surface area contributed by atoms with Crippen molar-refractivity contribution in [2.45, 2.75) is 57.4 Å². The lowest BCUT2D eigenvalue weighted by Crippen LogP contribution is -2.51. The average molecular weight is 251 g/mol. The molecule has 3 aliphatic rings. The van der Waals surface area contributed by atoms with E-state index in [1.165, 1.54) is 25.7 Å². The molecule has 0 aromatic rings. The van der Waals surface area contributed by atoms with Gasteiger partial charge in [-0.1, -0.05) is 12.8 Å². The molecule has 3 rings (SSSR count). The van der Waals surface area contributed by atoms with E-state index in [4.69, 9.17) is 0 Å². The second-order valence-corrected chi connectivity index (χ2v) is 6.50. The molecule has 4 nitrogen and oxygen atoms in total. The van der Waals surface area contributed by atoms with Crippen molar-refractivity contribution in [1.29, 1.82) is 0 Å². The predicted molar refractivity (Wildman–Crippen MR) is 66.0 cm³/mol. The molecule has 2 aliphatic carbocycles. The molecule has 1 amide bonds. The standard InChI is InChI=1S/C14H21NO3/c1-13(12(17)18)5-4-8-15(13)11(16)10-9-14(10)6-2-3-7-14/h10H,2-9H2,1H3,(H,17,18). The maximum Gasteiger partial charge on any atom is 0.329 e. The summed E-state index contributed by atoms with van der Waals surface area (Å²) in [7, 11) is 0. The van der Waals surface area contributed by atoms with Crippen LogP contribution in [0.1, 0.15) is 51.9 Å². The van der Waals surface area contributed by atoms with Gasteiger partial charge in [0.25, 0.3) is 0 Å². The third-order valence-electron chi connectivity index (χ3n) is 5.45. The summed E-state index contributed by atoms with van der Waals surface area (Å²) in [5, 5.41) is 9.36. The van der Waals surface area contributed by atoms with Crippen molar-refractivity contribution in [3.05, 3.63) is 0 Å². The topological polar surface area (TPSA) is 57.6 Å². The summed E-state index contributed by atoms with van der Waals surface area (Å²) in [5.74, 6) is -0.620. The van der Waals surface area contributed by atoms with E-state index < -0.39 is 11.5 Å². The molecule has 3 fully saturated rings. The zero-order valence-electron chi connectivity index (χ0n) is 10.9. The van der Waals surface area contributed by atoms with E-state index >= 15 is 0 Å². The van der Waals surface area contributed by atoms with E-state index in [1.54, 1.807) is 11.8 Å². The Balaban J connectivity index is 1.75. The Kier molecular flexibility index (Phi) is 2.48. The van der Waals surface area contributed by atoms with Gasteiger partial charge < -0.3 is 10.0 Å². The first-order chi connectivity index (χ1) is 8.50. The quantitative estimate of drug-likeness (QED) is 0.817. The van der Waals surface area contributed by atoms with Crippen LogP contribution in [0.3, 0.4) is 0 Å². The molecule has 0 aromatic carbocycles. The Morgan fingerprint density at radius 3 is 2.44 bits per heavy atom. The molecule has 1 spiro atoms. The normalized spacial score (nSPS) is 37.2. The fraction of sp³-hybridized carbons (Fsp3) is 0.857. The average Bonchev–Trinajstić information content (AvgIpc) is 2.68. The Morgan fingerprint density at radius 1 is 1.17 bits per heavy atom. The van der Waals surface area contributed by atoms with Crippen molar-refractivity contribution in [3.63, 3.8) is 0 Å². The molecule has 18 heavy (non-hydrogen) atoms. The van der Waals surface area contributed by atoms with Crippen LogP contribution in [0.4, 0.5) is 0 Å². The number of carboxylic acid groups (broad SMARTS) is 1. The summed E-state index contributed by atoms with van der Waals surface area (Å²) < 4.78 is 0. The summed E-state index contributed by atoms with van der Waals surface area (Å²) in [6, 6.07) is 0. The minimum absolute atomic E-state index is 0.110. The highest BCUT2D eigenvalue weighted by atomic mass is 16.4. The molecule has 2 atom stereocenters. The molecule has 1 aliphatic heterocycles. The molecule has 2 unspecified atom stereocenters. The van der Waals surface area contributed by atoms with Crippen LogP contribution in [0.25, 0.3) is 0 Å². The number of hydrogen-bond acceptors (Lipinski definition) is 2. The van der Waals surface area contributed by atoms with Crippen LogP contribution in [-0.4, -0.2) is 34.0 Å². The van der Waals surface area contributed by atoms with Crippen LogP contribution in [0, 0.1) is 11.3 Å². The molecule has 1 saturated heterocycles. The van der Waals surface area contributed by atoms with E-state index in [1.807, 2.05) is 0 Å². The predicted octanol–water partition coefficient (Wildman–Crippen LogP) is 2.03. The second-order valence-electron chi connectivity index (χ2n) is 6.50. The van der Waals surface area contributed by atoms with Crippen molar-refractivity contribution in [2.75, 3.05) is 6.54 Å². The number of aliphatic carboxylic acids is 1. The highest BCUT2D eigenvalue weighted by Crippen LogP contribution is 2.63. The second kappa shape index (κ2) is 3.72. The van der Waals surface area contributed by atoms with Crippen molar-refractivity contribution in [1.82, 2.24) is 4.90 Å². The van der Waals surface area contributed by atoms with E-state index in [2.05, 4.69) is 0 Å². The van der Waals surface area contributed by atoms with Crippen LogP contribution in [-0.2, 0) is 9.59 Å². The molecule has 1 N–H and O–H groups in total. The van der Waals surface area contributed by atoms with Gasteiger partial charge in [0.2, 0.25) is 5.91 Å². The van der Waals surface area contributed by atoms with Crippen LogP contribution in [0.15, 0.2) is 0 Å². The number of amides is 1. The number of carbonyl (C=O) groups excluding carboxylic acids is 1. The molecule has 0 bridgehead atoms. The van der Waals surface area contributed by atoms with Gasteiger partial charge in [0.15, 0.2) is 0 Å². The van der Waals surface area contributed by atoms with Gasteiger partial charge >= 0.3 is 5.97 Å². The Morgan fingerprint density at radius 2 is 1.83 bits per heavy atom. The molecule has 4 heteroatoms. The molecular weight excluding hydrogens is 230 g/mol. The maximum absolute atomic E-state index is 12.6. The molecule has 2 saturated carbocycles. The third kappa shape index (κ3) is 1.50. The van der Waals surface area contributed by atoms with Crippen LogP contribution in [0.2, 0.25) is 0 Å². The highest BCUT2D eigenvalue weighted by molar-refractivity contribution is 5.90. The van der Waals surface area contributed by atoms with Gasteiger partial charge in [0, 0.05) is 12.5 Å². The summed E-state index contributed by atoms with van der Waals surface area (Å²) in [6.07, 6.45) is 7.21. The van der Waals surface area contributed by atoms with Gasteiger partial charge in [-0.2, -0.15) is 0 Å². The number of carbonyl (C=O) groups is 2. The summed E-state index contributed by atoms with van der Waals surface area (Å²) in [6.45, 7) is 2.32. The van der Waals surface area contributed by atoms with Crippen molar-refractivity contribution in [3.8, 4) is 0 Å². The van der Waals surface area contributed by atoms with Crippen LogP contribution < -0.4 is 0 Å². The maximum atomic E-state index is 12.6. The van der Waals surface area contributed by atoms with Crippen molar-refractivity contribution < 1.29 is 14.7 Å².